The van der Waals surface area contributed by atoms with Gasteiger partial charge in [-0.25, -0.2) is 0 Å². The van der Waals surface area contributed by atoms with Crippen LogP contribution in [0.4, 0.5) is 0 Å². The van der Waals surface area contributed by atoms with Gasteiger partial charge in [-0.15, -0.1) is 11.3 Å². The van der Waals surface area contributed by atoms with Gasteiger partial charge in [0.15, 0.2) is 0 Å². The minimum atomic E-state index is -0.492. The van der Waals surface area contributed by atoms with Gasteiger partial charge in [-0.05, 0) is 30.7 Å². The van der Waals surface area contributed by atoms with Crippen molar-refractivity contribution in [3.05, 3.63) is 46.7 Å². The molecule has 0 aromatic carbocycles. The SMILES string of the molecule is CCCCCC(O)CCC(O)c1cccccccs1. The number of hydrogen-bond acceptors (Lipinski definition) is 3. The van der Waals surface area contributed by atoms with Crippen molar-refractivity contribution in [2.45, 2.75) is 57.7 Å². The molecule has 0 saturated carbocycles. The summed E-state index contributed by atoms with van der Waals surface area (Å²) in [5.74, 6) is 0. The Morgan fingerprint density at radius 1 is 0.950 bits per heavy atom. The Kier molecular flexibility index (Phi) is 9.29. The normalized spacial score (nSPS) is 13.6. The van der Waals surface area contributed by atoms with Crippen molar-refractivity contribution in [2.75, 3.05) is 0 Å². The van der Waals surface area contributed by atoms with E-state index in [1.54, 1.807) is 0 Å². The molecule has 0 radical (unpaired) electrons. The first-order valence-corrected chi connectivity index (χ1v) is 8.35. The highest BCUT2D eigenvalue weighted by atomic mass is 32.1. The van der Waals surface area contributed by atoms with Crippen LogP contribution in [0.1, 0.15) is 56.4 Å². The van der Waals surface area contributed by atoms with Crippen LogP contribution in [0.25, 0.3) is 0 Å². The lowest BCUT2D eigenvalue weighted by molar-refractivity contribution is 0.109. The molecule has 1 heterocycles. The van der Waals surface area contributed by atoms with Gasteiger partial charge >= 0.3 is 0 Å². The van der Waals surface area contributed by atoms with E-state index in [0.29, 0.717) is 12.8 Å². The Bertz CT molecular complexity index is 378. The van der Waals surface area contributed by atoms with Crippen LogP contribution in [0, 0.1) is 0 Å². The van der Waals surface area contributed by atoms with Gasteiger partial charge in [-0.1, -0.05) is 56.5 Å². The summed E-state index contributed by atoms with van der Waals surface area (Å²) in [4.78, 5) is 0.932. The van der Waals surface area contributed by atoms with E-state index in [1.165, 1.54) is 24.2 Å². The zero-order chi connectivity index (χ0) is 14.6. The van der Waals surface area contributed by atoms with Crippen LogP contribution >= 0.6 is 11.3 Å². The maximum Gasteiger partial charge on any atom is 0.0882 e. The summed E-state index contributed by atoms with van der Waals surface area (Å²) in [6, 6.07) is 11.7. The quantitative estimate of drug-likeness (QED) is 0.686. The summed E-state index contributed by atoms with van der Waals surface area (Å²) in [5, 5.41) is 22.1. The molecule has 0 aliphatic carbocycles. The van der Waals surface area contributed by atoms with Crippen LogP contribution in [0.3, 0.4) is 0 Å². The summed E-state index contributed by atoms with van der Waals surface area (Å²) >= 11 is 1.54. The molecule has 0 saturated heterocycles. The number of unbranched alkanes of at least 4 members (excludes halogenated alkanes) is 2. The Morgan fingerprint density at radius 2 is 1.70 bits per heavy atom. The molecule has 0 spiro atoms. The lowest BCUT2D eigenvalue weighted by Gasteiger charge is -2.13. The van der Waals surface area contributed by atoms with E-state index >= 15 is 0 Å². The van der Waals surface area contributed by atoms with Crippen LogP contribution in [-0.4, -0.2) is 16.3 Å². The second-order valence-corrected chi connectivity index (χ2v) is 6.01. The molecule has 3 heteroatoms. The van der Waals surface area contributed by atoms with Crippen LogP contribution in [0.15, 0.2) is 41.8 Å². The fourth-order valence-corrected chi connectivity index (χ4v) is 2.76. The summed E-state index contributed by atoms with van der Waals surface area (Å²) in [6.45, 7) is 2.16. The first kappa shape index (κ1) is 17.2. The largest absolute Gasteiger partial charge is 0.393 e. The smallest absolute Gasteiger partial charge is 0.0882 e. The predicted octanol–water partition coefficient (Wildman–Crippen LogP) is 4.63. The van der Waals surface area contributed by atoms with E-state index in [2.05, 4.69) is 6.92 Å². The Hall–Kier alpha value is -0.900. The topological polar surface area (TPSA) is 40.5 Å². The van der Waals surface area contributed by atoms with Crippen molar-refractivity contribution >= 4 is 11.3 Å². The van der Waals surface area contributed by atoms with Crippen LogP contribution < -0.4 is 0 Å². The molecule has 0 aliphatic rings. The molecule has 20 heavy (non-hydrogen) atoms. The lowest BCUT2D eigenvalue weighted by Crippen LogP contribution is -2.08. The summed E-state index contributed by atoms with van der Waals surface area (Å²) < 4.78 is 0. The molecular weight excluding hydrogens is 268 g/mol. The maximum atomic E-state index is 10.2. The van der Waals surface area contributed by atoms with Crippen molar-refractivity contribution in [2.24, 2.45) is 0 Å². The van der Waals surface area contributed by atoms with E-state index < -0.39 is 6.10 Å². The van der Waals surface area contributed by atoms with Gasteiger partial charge in [0.2, 0.25) is 0 Å². The number of aliphatic hydroxyl groups excluding tert-OH is 2. The van der Waals surface area contributed by atoms with E-state index in [9.17, 15) is 10.2 Å². The summed E-state index contributed by atoms with van der Waals surface area (Å²) in [7, 11) is 0. The molecule has 2 atom stereocenters. The first-order chi connectivity index (χ1) is 9.74. The van der Waals surface area contributed by atoms with Crippen molar-refractivity contribution < 1.29 is 10.2 Å². The van der Waals surface area contributed by atoms with Gasteiger partial charge in [-0.3, -0.25) is 0 Å². The molecular formula is C17H26O2S. The Morgan fingerprint density at radius 3 is 2.50 bits per heavy atom. The van der Waals surface area contributed by atoms with Gasteiger partial charge in [0.05, 0.1) is 12.2 Å². The van der Waals surface area contributed by atoms with Gasteiger partial charge < -0.3 is 10.2 Å². The second-order valence-electron chi connectivity index (χ2n) is 5.03. The number of aliphatic hydroxyl groups is 2. The van der Waals surface area contributed by atoms with E-state index in [-0.39, 0.29) is 6.10 Å². The van der Waals surface area contributed by atoms with Gasteiger partial charge in [0, 0.05) is 4.88 Å². The number of hydrogen-bond donors (Lipinski definition) is 2. The monoisotopic (exact) mass is 294 g/mol. The van der Waals surface area contributed by atoms with Crippen molar-refractivity contribution in [3.8, 4) is 0 Å². The van der Waals surface area contributed by atoms with E-state index in [0.717, 1.165) is 17.7 Å². The molecule has 0 aliphatic heterocycles. The third-order valence-corrected chi connectivity index (χ3v) is 4.20. The average Bonchev–Trinajstić information content (AvgIpc) is 2.58. The molecule has 1 aromatic heterocycles. The van der Waals surface area contributed by atoms with Crippen LogP contribution in [-0.2, 0) is 0 Å². The van der Waals surface area contributed by atoms with Gasteiger partial charge in [0.1, 0.15) is 0 Å². The molecule has 1 rings (SSSR count). The fourth-order valence-electron chi connectivity index (χ4n) is 2.00. The Balaban J connectivity index is 2.46. The molecule has 0 fully saturated rings. The molecule has 2 unspecified atom stereocenters. The summed E-state index contributed by atoms with van der Waals surface area (Å²) in [6.07, 6.45) is 4.75. The molecule has 2 nitrogen and oxygen atoms in total. The van der Waals surface area contributed by atoms with Crippen molar-refractivity contribution in [1.82, 2.24) is 0 Å². The summed E-state index contributed by atoms with van der Waals surface area (Å²) in [5.41, 5.74) is 0. The highest BCUT2D eigenvalue weighted by Gasteiger charge is 2.10. The number of rotatable bonds is 8. The van der Waals surface area contributed by atoms with Gasteiger partial charge in [-0.2, -0.15) is 0 Å². The first-order valence-electron chi connectivity index (χ1n) is 7.47. The molecule has 0 amide bonds. The molecule has 112 valence electrons. The highest BCUT2D eigenvalue weighted by molar-refractivity contribution is 7.09. The van der Waals surface area contributed by atoms with E-state index in [1.807, 2.05) is 41.8 Å². The molecule has 0 bridgehead atoms. The molecule has 1 aromatic rings. The highest BCUT2D eigenvalue weighted by Crippen LogP contribution is 2.22. The predicted molar refractivity (Wildman–Crippen MR) is 86.3 cm³/mol. The lowest BCUT2D eigenvalue weighted by atomic mass is 10.0. The minimum Gasteiger partial charge on any atom is -0.393 e. The Labute approximate surface area is 126 Å². The van der Waals surface area contributed by atoms with E-state index in [4.69, 9.17) is 0 Å². The zero-order valence-electron chi connectivity index (χ0n) is 12.2. The fraction of sp³-hybridized carbons (Fsp3) is 0.529. The average molecular weight is 294 g/mol. The van der Waals surface area contributed by atoms with Crippen LogP contribution in [0.5, 0.6) is 0 Å². The van der Waals surface area contributed by atoms with Crippen LogP contribution in [0.2, 0.25) is 0 Å². The zero-order valence-corrected chi connectivity index (χ0v) is 13.1. The second kappa shape index (κ2) is 10.8. The standard InChI is InChI=1S/C17H26O2S/c1-2-3-7-10-15(18)12-13-16(19)17-11-8-5-4-6-9-14-20-17/h4-6,8-9,11,14-16,18-19H,2-3,7,10,12-13H2,1H3. The third kappa shape index (κ3) is 7.63. The van der Waals surface area contributed by atoms with Gasteiger partial charge in [0.25, 0.3) is 0 Å². The maximum absolute atomic E-state index is 10.2. The third-order valence-electron chi connectivity index (χ3n) is 3.23. The molecule has 2 N–H and O–H groups in total. The van der Waals surface area contributed by atoms with Crippen molar-refractivity contribution in [1.29, 1.82) is 0 Å². The minimum absolute atomic E-state index is 0.286. The van der Waals surface area contributed by atoms with Crippen molar-refractivity contribution in [3.63, 3.8) is 0 Å².